The summed E-state index contributed by atoms with van der Waals surface area (Å²) in [5, 5.41) is 5.69. The van der Waals surface area contributed by atoms with Crippen LogP contribution in [0.4, 0.5) is 13.6 Å². The van der Waals surface area contributed by atoms with Crippen molar-refractivity contribution < 1.29 is 18.3 Å². The van der Waals surface area contributed by atoms with E-state index in [0.29, 0.717) is 12.3 Å². The SMILES string of the molecule is O=C(NCc1cccc(OCC(F)F)c1)NC1CCCC1. The molecule has 1 aliphatic rings. The minimum Gasteiger partial charge on any atom is -0.488 e. The zero-order chi connectivity index (χ0) is 15.1. The van der Waals surface area contributed by atoms with Crippen LogP contribution in [0.25, 0.3) is 0 Å². The number of halogens is 2. The van der Waals surface area contributed by atoms with Crippen molar-refractivity contribution in [1.82, 2.24) is 10.6 Å². The van der Waals surface area contributed by atoms with Crippen LogP contribution in [0.3, 0.4) is 0 Å². The number of alkyl halides is 2. The molecule has 0 unspecified atom stereocenters. The summed E-state index contributed by atoms with van der Waals surface area (Å²) >= 11 is 0. The fourth-order valence-corrected chi connectivity index (χ4v) is 2.39. The monoisotopic (exact) mass is 298 g/mol. The Bertz CT molecular complexity index is 463. The van der Waals surface area contributed by atoms with E-state index in [9.17, 15) is 13.6 Å². The lowest BCUT2D eigenvalue weighted by atomic mass is 10.2. The van der Waals surface area contributed by atoms with Gasteiger partial charge in [0, 0.05) is 12.6 Å². The van der Waals surface area contributed by atoms with Gasteiger partial charge in [-0.25, -0.2) is 13.6 Å². The average Bonchev–Trinajstić information content (AvgIpc) is 2.96. The van der Waals surface area contributed by atoms with Gasteiger partial charge in [-0.05, 0) is 30.5 Å². The van der Waals surface area contributed by atoms with E-state index in [0.717, 1.165) is 31.2 Å². The maximum Gasteiger partial charge on any atom is 0.315 e. The number of hydrogen-bond donors (Lipinski definition) is 2. The molecule has 6 heteroatoms. The number of benzene rings is 1. The summed E-state index contributed by atoms with van der Waals surface area (Å²) in [5.41, 5.74) is 0.809. The topological polar surface area (TPSA) is 50.4 Å². The highest BCUT2D eigenvalue weighted by atomic mass is 19.3. The van der Waals surface area contributed by atoms with Gasteiger partial charge in [0.05, 0.1) is 0 Å². The van der Waals surface area contributed by atoms with Gasteiger partial charge in [0.15, 0.2) is 0 Å². The number of hydrogen-bond acceptors (Lipinski definition) is 2. The van der Waals surface area contributed by atoms with Crippen LogP contribution in [0.15, 0.2) is 24.3 Å². The molecule has 1 saturated carbocycles. The molecule has 0 saturated heterocycles. The van der Waals surface area contributed by atoms with Gasteiger partial charge < -0.3 is 15.4 Å². The van der Waals surface area contributed by atoms with Crippen LogP contribution >= 0.6 is 0 Å². The molecule has 1 aromatic carbocycles. The summed E-state index contributed by atoms with van der Waals surface area (Å²) in [4.78, 5) is 11.7. The first kappa shape index (κ1) is 15.5. The van der Waals surface area contributed by atoms with Gasteiger partial charge in [-0.1, -0.05) is 25.0 Å². The number of carbonyl (C=O) groups excluding carboxylic acids is 1. The molecule has 21 heavy (non-hydrogen) atoms. The molecule has 0 atom stereocenters. The molecule has 0 aromatic heterocycles. The van der Waals surface area contributed by atoms with Crippen LogP contribution in [0.5, 0.6) is 5.75 Å². The normalized spacial score (nSPS) is 15.2. The predicted molar refractivity (Wildman–Crippen MR) is 75.6 cm³/mol. The molecule has 1 aromatic rings. The second-order valence-corrected chi connectivity index (χ2v) is 5.16. The fraction of sp³-hybridized carbons (Fsp3) is 0.533. The first-order chi connectivity index (χ1) is 10.1. The van der Waals surface area contributed by atoms with Crippen molar-refractivity contribution in [3.8, 4) is 5.75 Å². The molecule has 2 amide bonds. The lowest BCUT2D eigenvalue weighted by molar-refractivity contribution is 0.0818. The highest BCUT2D eigenvalue weighted by Crippen LogP contribution is 2.17. The molecule has 0 heterocycles. The Morgan fingerprint density at radius 3 is 2.81 bits per heavy atom. The Kier molecular flexibility index (Phi) is 5.78. The summed E-state index contributed by atoms with van der Waals surface area (Å²) in [7, 11) is 0. The third-order valence-electron chi connectivity index (χ3n) is 3.42. The molecule has 1 aliphatic carbocycles. The van der Waals surface area contributed by atoms with E-state index in [4.69, 9.17) is 4.74 Å². The van der Waals surface area contributed by atoms with Crippen LogP contribution < -0.4 is 15.4 Å². The first-order valence-corrected chi connectivity index (χ1v) is 7.18. The van der Waals surface area contributed by atoms with Gasteiger partial charge in [0.2, 0.25) is 0 Å². The second kappa shape index (κ2) is 7.81. The van der Waals surface area contributed by atoms with Crippen LogP contribution in [0, 0.1) is 0 Å². The summed E-state index contributed by atoms with van der Waals surface area (Å²) in [6.45, 7) is -0.288. The van der Waals surface area contributed by atoms with E-state index in [1.165, 1.54) is 0 Å². The molecule has 0 radical (unpaired) electrons. The highest BCUT2D eigenvalue weighted by Gasteiger charge is 2.16. The molecule has 0 bridgehead atoms. The summed E-state index contributed by atoms with van der Waals surface area (Å²) in [6, 6.07) is 6.87. The van der Waals surface area contributed by atoms with Gasteiger partial charge >= 0.3 is 6.03 Å². The first-order valence-electron chi connectivity index (χ1n) is 7.18. The van der Waals surface area contributed by atoms with Gasteiger partial charge in [0.1, 0.15) is 12.4 Å². The zero-order valence-electron chi connectivity index (χ0n) is 11.8. The third-order valence-corrected chi connectivity index (χ3v) is 3.42. The molecule has 116 valence electrons. The van der Waals surface area contributed by atoms with Crippen molar-refractivity contribution in [2.75, 3.05) is 6.61 Å². The van der Waals surface area contributed by atoms with E-state index in [2.05, 4.69) is 10.6 Å². The molecule has 4 nitrogen and oxygen atoms in total. The molecular formula is C15H20F2N2O2. The minimum atomic E-state index is -2.50. The molecule has 1 fully saturated rings. The van der Waals surface area contributed by atoms with Gasteiger partial charge in [-0.3, -0.25) is 0 Å². The van der Waals surface area contributed by atoms with Crippen LogP contribution in [0.1, 0.15) is 31.2 Å². The molecule has 0 spiro atoms. The number of ether oxygens (including phenoxy) is 1. The lowest BCUT2D eigenvalue weighted by Crippen LogP contribution is -2.40. The lowest BCUT2D eigenvalue weighted by Gasteiger charge is -2.13. The third kappa shape index (κ3) is 5.57. The standard InChI is InChI=1S/C15H20F2N2O2/c16-14(17)10-21-13-7-3-4-11(8-13)9-18-15(20)19-12-5-1-2-6-12/h3-4,7-8,12,14H,1-2,5-6,9-10H2,(H2,18,19,20). The van der Waals surface area contributed by atoms with Crippen LogP contribution in [-0.2, 0) is 6.54 Å². The van der Waals surface area contributed by atoms with E-state index in [1.54, 1.807) is 18.2 Å². The van der Waals surface area contributed by atoms with Crippen molar-refractivity contribution in [2.45, 2.75) is 44.7 Å². The maximum atomic E-state index is 12.1. The molecule has 2 N–H and O–H groups in total. The minimum absolute atomic E-state index is 0.194. The number of carbonyl (C=O) groups is 1. The summed E-state index contributed by atoms with van der Waals surface area (Å²) in [5.74, 6) is 0.380. The zero-order valence-corrected chi connectivity index (χ0v) is 11.8. The van der Waals surface area contributed by atoms with Gasteiger partial charge in [-0.2, -0.15) is 0 Å². The quantitative estimate of drug-likeness (QED) is 0.848. The number of nitrogens with one attached hydrogen (secondary N) is 2. The fourth-order valence-electron chi connectivity index (χ4n) is 2.39. The smallest absolute Gasteiger partial charge is 0.315 e. The van der Waals surface area contributed by atoms with E-state index in [-0.39, 0.29) is 12.1 Å². The largest absolute Gasteiger partial charge is 0.488 e. The Morgan fingerprint density at radius 1 is 1.33 bits per heavy atom. The average molecular weight is 298 g/mol. The molecule has 2 rings (SSSR count). The Balaban J connectivity index is 1.76. The van der Waals surface area contributed by atoms with Crippen LogP contribution in [0.2, 0.25) is 0 Å². The Morgan fingerprint density at radius 2 is 2.10 bits per heavy atom. The van der Waals surface area contributed by atoms with Crippen molar-refractivity contribution in [2.24, 2.45) is 0 Å². The Hall–Kier alpha value is -1.85. The predicted octanol–water partition coefficient (Wildman–Crippen LogP) is 3.07. The second-order valence-electron chi connectivity index (χ2n) is 5.16. The van der Waals surface area contributed by atoms with Crippen molar-refractivity contribution in [3.05, 3.63) is 29.8 Å². The number of rotatable bonds is 6. The van der Waals surface area contributed by atoms with Crippen molar-refractivity contribution in [1.29, 1.82) is 0 Å². The molecule has 0 aliphatic heterocycles. The molecular weight excluding hydrogens is 278 g/mol. The van der Waals surface area contributed by atoms with Gasteiger partial charge in [-0.15, -0.1) is 0 Å². The highest BCUT2D eigenvalue weighted by molar-refractivity contribution is 5.74. The van der Waals surface area contributed by atoms with Crippen molar-refractivity contribution >= 4 is 6.03 Å². The number of amides is 2. The van der Waals surface area contributed by atoms with E-state index >= 15 is 0 Å². The van der Waals surface area contributed by atoms with Gasteiger partial charge in [0.25, 0.3) is 6.43 Å². The Labute approximate surface area is 122 Å². The summed E-state index contributed by atoms with van der Waals surface area (Å²) < 4.78 is 29.1. The van der Waals surface area contributed by atoms with E-state index in [1.807, 2.05) is 6.07 Å². The number of urea groups is 1. The maximum absolute atomic E-state index is 12.1. The van der Waals surface area contributed by atoms with E-state index < -0.39 is 13.0 Å². The van der Waals surface area contributed by atoms with Crippen molar-refractivity contribution in [3.63, 3.8) is 0 Å². The summed E-state index contributed by atoms with van der Waals surface area (Å²) in [6.07, 6.45) is 1.89. The van der Waals surface area contributed by atoms with Crippen LogP contribution in [-0.4, -0.2) is 25.1 Å².